The van der Waals surface area contributed by atoms with Crippen LogP contribution in [0.4, 0.5) is 0 Å². The van der Waals surface area contributed by atoms with Gasteiger partial charge < -0.3 is 10.1 Å². The molecule has 5 heteroatoms. The van der Waals surface area contributed by atoms with E-state index in [-0.39, 0.29) is 0 Å². The van der Waals surface area contributed by atoms with Crippen molar-refractivity contribution >= 4 is 11.6 Å². The van der Waals surface area contributed by atoms with Gasteiger partial charge in [-0.25, -0.2) is 0 Å². The van der Waals surface area contributed by atoms with Crippen molar-refractivity contribution < 1.29 is 4.74 Å². The van der Waals surface area contributed by atoms with Crippen LogP contribution in [0.2, 0.25) is 5.02 Å². The maximum absolute atomic E-state index is 6.28. The Balaban J connectivity index is 2.66. The van der Waals surface area contributed by atoms with Crippen LogP contribution in [-0.2, 0) is 17.8 Å². The van der Waals surface area contributed by atoms with Gasteiger partial charge in [-0.1, -0.05) is 24.9 Å². The van der Waals surface area contributed by atoms with Gasteiger partial charge in [0, 0.05) is 26.2 Å². The van der Waals surface area contributed by atoms with Crippen molar-refractivity contribution in [1.82, 2.24) is 15.1 Å². The molecule has 0 aromatic carbocycles. The maximum atomic E-state index is 6.28. The molecule has 1 rings (SSSR count). The number of methoxy groups -OCH3 is 1. The van der Waals surface area contributed by atoms with Gasteiger partial charge in [0.2, 0.25) is 0 Å². The standard InChI is InChI=1S/C13H24ClN3O/c1-5-7-11(9-18-4)15-8-12-13(14)10(3)16-17(12)6-2/h11,15H,5-9H2,1-4H3. The van der Waals surface area contributed by atoms with Gasteiger partial charge in [-0.2, -0.15) is 5.10 Å². The fraction of sp³-hybridized carbons (Fsp3) is 0.769. The second-order valence-corrected chi connectivity index (χ2v) is 4.86. The Labute approximate surface area is 115 Å². The molecule has 0 saturated heterocycles. The van der Waals surface area contributed by atoms with E-state index >= 15 is 0 Å². The van der Waals surface area contributed by atoms with Crippen LogP contribution >= 0.6 is 11.6 Å². The van der Waals surface area contributed by atoms with E-state index in [4.69, 9.17) is 16.3 Å². The number of hydrogen-bond donors (Lipinski definition) is 1. The molecule has 0 spiro atoms. The van der Waals surface area contributed by atoms with Gasteiger partial charge in [-0.05, 0) is 20.3 Å². The van der Waals surface area contributed by atoms with Crippen LogP contribution in [0.25, 0.3) is 0 Å². The zero-order chi connectivity index (χ0) is 13.5. The first-order valence-corrected chi connectivity index (χ1v) is 6.95. The summed E-state index contributed by atoms with van der Waals surface area (Å²) >= 11 is 6.28. The SMILES string of the molecule is CCCC(COC)NCc1c(Cl)c(C)nn1CC. The minimum Gasteiger partial charge on any atom is -0.383 e. The third-order valence-electron chi connectivity index (χ3n) is 3.02. The van der Waals surface area contributed by atoms with Gasteiger partial charge in [0.1, 0.15) is 0 Å². The Morgan fingerprint density at radius 3 is 2.72 bits per heavy atom. The molecule has 0 aliphatic carbocycles. The molecule has 0 aliphatic rings. The molecule has 1 aromatic rings. The molecule has 4 nitrogen and oxygen atoms in total. The van der Waals surface area contributed by atoms with Gasteiger partial charge in [-0.15, -0.1) is 0 Å². The van der Waals surface area contributed by atoms with E-state index < -0.39 is 0 Å². The highest BCUT2D eigenvalue weighted by Gasteiger charge is 2.14. The lowest BCUT2D eigenvalue weighted by Gasteiger charge is -2.17. The Hall–Kier alpha value is -0.580. The fourth-order valence-electron chi connectivity index (χ4n) is 2.07. The highest BCUT2D eigenvalue weighted by atomic mass is 35.5. The molecule has 1 N–H and O–H groups in total. The Kier molecular flexibility index (Phi) is 6.68. The van der Waals surface area contributed by atoms with E-state index in [1.54, 1.807) is 7.11 Å². The summed E-state index contributed by atoms with van der Waals surface area (Å²) in [5, 5.41) is 8.68. The van der Waals surface area contributed by atoms with Gasteiger partial charge in [0.25, 0.3) is 0 Å². The lowest BCUT2D eigenvalue weighted by Crippen LogP contribution is -2.33. The van der Waals surface area contributed by atoms with Crippen molar-refractivity contribution in [1.29, 1.82) is 0 Å². The summed E-state index contributed by atoms with van der Waals surface area (Å²) in [4.78, 5) is 0. The third-order valence-corrected chi connectivity index (χ3v) is 3.51. The Morgan fingerprint density at radius 2 is 2.17 bits per heavy atom. The Bertz CT molecular complexity index is 359. The zero-order valence-corrected chi connectivity index (χ0v) is 12.5. The summed E-state index contributed by atoms with van der Waals surface area (Å²) in [7, 11) is 1.73. The lowest BCUT2D eigenvalue weighted by molar-refractivity contribution is 0.161. The third kappa shape index (κ3) is 3.97. The van der Waals surface area contributed by atoms with Crippen LogP contribution in [0.3, 0.4) is 0 Å². The summed E-state index contributed by atoms with van der Waals surface area (Å²) in [5.41, 5.74) is 1.96. The van der Waals surface area contributed by atoms with Gasteiger partial charge in [0.05, 0.1) is 23.0 Å². The molecule has 0 saturated carbocycles. The first-order chi connectivity index (χ1) is 8.63. The highest BCUT2D eigenvalue weighted by Crippen LogP contribution is 2.20. The van der Waals surface area contributed by atoms with E-state index in [0.717, 1.165) is 48.9 Å². The van der Waals surface area contributed by atoms with Gasteiger partial charge in [0.15, 0.2) is 0 Å². The predicted octanol–water partition coefficient (Wildman–Crippen LogP) is 2.77. The lowest BCUT2D eigenvalue weighted by atomic mass is 10.2. The fourth-order valence-corrected chi connectivity index (χ4v) is 2.28. The molecular weight excluding hydrogens is 250 g/mol. The van der Waals surface area contributed by atoms with Crippen LogP contribution in [-0.4, -0.2) is 29.5 Å². The summed E-state index contributed by atoms with van der Waals surface area (Å²) < 4.78 is 7.18. The van der Waals surface area contributed by atoms with Crippen LogP contribution < -0.4 is 5.32 Å². The van der Waals surface area contributed by atoms with Crippen molar-refractivity contribution in [3.05, 3.63) is 16.4 Å². The molecule has 0 aliphatic heterocycles. The summed E-state index contributed by atoms with van der Waals surface area (Å²) in [6.07, 6.45) is 2.24. The van der Waals surface area contributed by atoms with E-state index in [9.17, 15) is 0 Å². The molecule has 0 amide bonds. The van der Waals surface area contributed by atoms with Crippen molar-refractivity contribution in [2.24, 2.45) is 0 Å². The Morgan fingerprint density at radius 1 is 1.44 bits per heavy atom. The predicted molar refractivity (Wildman–Crippen MR) is 75.1 cm³/mol. The number of ether oxygens (including phenoxy) is 1. The molecular formula is C13H24ClN3O. The summed E-state index contributed by atoms with van der Waals surface area (Å²) in [6, 6.07) is 0.372. The second kappa shape index (κ2) is 7.77. The number of nitrogens with one attached hydrogen (secondary N) is 1. The molecule has 1 aromatic heterocycles. The first kappa shape index (κ1) is 15.5. The maximum Gasteiger partial charge on any atom is 0.0860 e. The minimum atomic E-state index is 0.372. The van der Waals surface area contributed by atoms with Crippen LogP contribution in [0.15, 0.2) is 0 Å². The molecule has 0 fully saturated rings. The topological polar surface area (TPSA) is 39.1 Å². The summed E-state index contributed by atoms with van der Waals surface area (Å²) in [5.74, 6) is 0. The van der Waals surface area contributed by atoms with E-state index in [1.165, 1.54) is 0 Å². The molecule has 1 heterocycles. The number of nitrogens with zero attached hydrogens (tertiary/aromatic N) is 2. The molecule has 0 bridgehead atoms. The number of aryl methyl sites for hydroxylation is 2. The van der Waals surface area contributed by atoms with Gasteiger partial charge >= 0.3 is 0 Å². The van der Waals surface area contributed by atoms with E-state index in [0.29, 0.717) is 6.04 Å². The monoisotopic (exact) mass is 273 g/mol. The van der Waals surface area contributed by atoms with Crippen molar-refractivity contribution in [2.45, 2.75) is 52.7 Å². The minimum absolute atomic E-state index is 0.372. The normalized spacial score (nSPS) is 12.9. The largest absolute Gasteiger partial charge is 0.383 e. The second-order valence-electron chi connectivity index (χ2n) is 4.48. The zero-order valence-electron chi connectivity index (χ0n) is 11.8. The van der Waals surface area contributed by atoms with Crippen LogP contribution in [0, 0.1) is 6.92 Å². The molecule has 104 valence electrons. The number of rotatable bonds is 8. The molecule has 0 radical (unpaired) electrons. The van der Waals surface area contributed by atoms with Crippen LogP contribution in [0.5, 0.6) is 0 Å². The average Bonchev–Trinajstić information content (AvgIpc) is 2.63. The number of aromatic nitrogens is 2. The van der Waals surface area contributed by atoms with Gasteiger partial charge in [-0.3, -0.25) is 4.68 Å². The smallest absolute Gasteiger partial charge is 0.0860 e. The first-order valence-electron chi connectivity index (χ1n) is 6.58. The van der Waals surface area contributed by atoms with Crippen molar-refractivity contribution in [3.63, 3.8) is 0 Å². The quantitative estimate of drug-likeness (QED) is 0.792. The number of hydrogen-bond acceptors (Lipinski definition) is 3. The number of halogens is 1. The summed E-state index contributed by atoms with van der Waals surface area (Å²) in [6.45, 7) is 8.50. The highest BCUT2D eigenvalue weighted by molar-refractivity contribution is 6.31. The molecule has 18 heavy (non-hydrogen) atoms. The van der Waals surface area contributed by atoms with Crippen molar-refractivity contribution in [3.8, 4) is 0 Å². The van der Waals surface area contributed by atoms with Crippen molar-refractivity contribution in [2.75, 3.05) is 13.7 Å². The van der Waals surface area contributed by atoms with Crippen LogP contribution in [0.1, 0.15) is 38.1 Å². The molecule has 1 atom stereocenters. The van der Waals surface area contributed by atoms with E-state index in [1.807, 2.05) is 11.6 Å². The van der Waals surface area contributed by atoms with E-state index in [2.05, 4.69) is 24.3 Å². The molecule has 1 unspecified atom stereocenters. The average molecular weight is 274 g/mol.